The van der Waals surface area contributed by atoms with Gasteiger partial charge in [0, 0.05) is 29.1 Å². The van der Waals surface area contributed by atoms with Crippen LogP contribution >= 0.6 is 11.3 Å². The molecular formula is C16H20N2O2S. The molecule has 0 spiro atoms. The van der Waals surface area contributed by atoms with E-state index in [0.29, 0.717) is 18.5 Å². The Balaban J connectivity index is 1.80. The van der Waals surface area contributed by atoms with Gasteiger partial charge in [-0.25, -0.2) is 0 Å². The van der Waals surface area contributed by atoms with Crippen LogP contribution in [-0.2, 0) is 17.8 Å². The summed E-state index contributed by atoms with van der Waals surface area (Å²) >= 11 is 1.71. The van der Waals surface area contributed by atoms with Crippen LogP contribution < -0.4 is 10.9 Å². The van der Waals surface area contributed by atoms with Crippen LogP contribution in [0.5, 0.6) is 0 Å². The summed E-state index contributed by atoms with van der Waals surface area (Å²) < 4.78 is 0. The van der Waals surface area contributed by atoms with E-state index in [1.165, 1.54) is 4.88 Å². The van der Waals surface area contributed by atoms with E-state index in [0.717, 1.165) is 24.1 Å². The number of amides is 1. The molecule has 0 aliphatic rings. The van der Waals surface area contributed by atoms with Gasteiger partial charge >= 0.3 is 0 Å². The normalized spacial score (nSPS) is 10.6. The third-order valence-corrected chi connectivity index (χ3v) is 4.30. The third-order valence-electron chi connectivity index (χ3n) is 3.36. The van der Waals surface area contributed by atoms with Gasteiger partial charge in [-0.1, -0.05) is 6.07 Å². The van der Waals surface area contributed by atoms with Crippen molar-refractivity contribution in [1.82, 2.24) is 10.3 Å². The van der Waals surface area contributed by atoms with Gasteiger partial charge in [0.1, 0.15) is 0 Å². The number of hydrogen-bond donors (Lipinski definition) is 2. The fraction of sp³-hybridized carbons (Fsp3) is 0.375. The summed E-state index contributed by atoms with van der Waals surface area (Å²) in [5.74, 6) is -0.00840. The van der Waals surface area contributed by atoms with Gasteiger partial charge in [-0.05, 0) is 49.8 Å². The zero-order chi connectivity index (χ0) is 15.2. The minimum Gasteiger partial charge on any atom is -0.352 e. The minimum atomic E-state index is -0.119. The quantitative estimate of drug-likeness (QED) is 0.862. The number of hydrogen-bond acceptors (Lipinski definition) is 3. The summed E-state index contributed by atoms with van der Waals surface area (Å²) in [5.41, 5.74) is 2.26. The molecule has 4 nitrogen and oxygen atoms in total. The zero-order valence-electron chi connectivity index (χ0n) is 12.4. The number of pyridine rings is 1. The molecule has 2 aromatic rings. The molecule has 0 saturated heterocycles. The molecule has 2 N–H and O–H groups in total. The second-order valence-electron chi connectivity index (χ2n) is 5.15. The van der Waals surface area contributed by atoms with Crippen LogP contribution in [0.25, 0.3) is 0 Å². The lowest BCUT2D eigenvalue weighted by Gasteiger charge is -2.08. The highest BCUT2D eigenvalue weighted by Crippen LogP contribution is 2.11. The van der Waals surface area contributed by atoms with Crippen LogP contribution in [0, 0.1) is 13.8 Å². The molecule has 21 heavy (non-hydrogen) atoms. The van der Waals surface area contributed by atoms with Gasteiger partial charge in [0.15, 0.2) is 0 Å². The molecule has 2 rings (SSSR count). The predicted molar refractivity (Wildman–Crippen MR) is 85.6 cm³/mol. The van der Waals surface area contributed by atoms with E-state index in [1.54, 1.807) is 11.3 Å². The van der Waals surface area contributed by atoms with Crippen molar-refractivity contribution >= 4 is 17.2 Å². The van der Waals surface area contributed by atoms with E-state index in [9.17, 15) is 9.59 Å². The third kappa shape index (κ3) is 4.56. The second kappa shape index (κ2) is 7.22. The van der Waals surface area contributed by atoms with E-state index >= 15 is 0 Å². The van der Waals surface area contributed by atoms with Gasteiger partial charge in [-0.3, -0.25) is 9.59 Å². The highest BCUT2D eigenvalue weighted by atomic mass is 32.1. The fourth-order valence-electron chi connectivity index (χ4n) is 2.25. The van der Waals surface area contributed by atoms with Crippen LogP contribution in [-0.4, -0.2) is 10.9 Å². The van der Waals surface area contributed by atoms with Gasteiger partial charge in [0.2, 0.25) is 5.91 Å². The Bertz CT molecular complexity index is 659. The molecule has 0 atom stereocenters. The van der Waals surface area contributed by atoms with Crippen LogP contribution in [0.4, 0.5) is 0 Å². The van der Waals surface area contributed by atoms with E-state index in [1.807, 2.05) is 31.4 Å². The lowest BCUT2D eigenvalue weighted by molar-refractivity contribution is -0.121. The Hall–Kier alpha value is -1.88. The zero-order valence-corrected chi connectivity index (χ0v) is 13.2. The maximum atomic E-state index is 11.8. The molecule has 112 valence electrons. The number of nitrogens with one attached hydrogen (secondary N) is 2. The Morgan fingerprint density at radius 2 is 2.19 bits per heavy atom. The Morgan fingerprint density at radius 1 is 1.38 bits per heavy atom. The predicted octanol–water partition coefficient (Wildman–Crippen LogP) is 2.69. The van der Waals surface area contributed by atoms with Crippen molar-refractivity contribution in [2.24, 2.45) is 0 Å². The number of aromatic nitrogens is 1. The molecule has 0 aromatic carbocycles. The summed E-state index contributed by atoms with van der Waals surface area (Å²) in [7, 11) is 0. The molecule has 2 aromatic heterocycles. The molecule has 0 radical (unpaired) electrons. The molecule has 0 aliphatic heterocycles. The van der Waals surface area contributed by atoms with Gasteiger partial charge < -0.3 is 10.3 Å². The SMILES string of the molecule is Cc1cc(C)c(CNC(=O)CCCc2cccs2)c(=O)[nH]1. The maximum Gasteiger partial charge on any atom is 0.253 e. The van der Waals surface area contributed by atoms with E-state index in [4.69, 9.17) is 0 Å². The van der Waals surface area contributed by atoms with Crippen molar-refractivity contribution in [2.75, 3.05) is 0 Å². The van der Waals surface area contributed by atoms with Crippen LogP contribution in [0.1, 0.15) is 34.5 Å². The molecule has 0 aliphatic carbocycles. The van der Waals surface area contributed by atoms with Crippen molar-refractivity contribution in [1.29, 1.82) is 0 Å². The number of carbonyl (C=O) groups excluding carboxylic acids is 1. The maximum absolute atomic E-state index is 11.8. The average Bonchev–Trinajstić information content (AvgIpc) is 2.90. The van der Waals surface area contributed by atoms with Crippen molar-refractivity contribution in [2.45, 2.75) is 39.7 Å². The number of thiophene rings is 1. The molecular weight excluding hydrogens is 284 g/mol. The topological polar surface area (TPSA) is 62.0 Å². The van der Waals surface area contributed by atoms with E-state index < -0.39 is 0 Å². The van der Waals surface area contributed by atoms with Gasteiger partial charge in [0.25, 0.3) is 5.56 Å². The summed E-state index contributed by atoms with van der Waals surface area (Å²) in [5, 5.41) is 4.87. The molecule has 2 heterocycles. The molecule has 0 unspecified atom stereocenters. The van der Waals surface area contributed by atoms with Crippen molar-refractivity contribution < 1.29 is 4.79 Å². The lowest BCUT2D eigenvalue weighted by Crippen LogP contribution is -2.27. The fourth-order valence-corrected chi connectivity index (χ4v) is 3.01. The minimum absolute atomic E-state index is 0.00840. The number of H-pyrrole nitrogens is 1. The first kappa shape index (κ1) is 15.5. The largest absolute Gasteiger partial charge is 0.352 e. The van der Waals surface area contributed by atoms with Crippen LogP contribution in [0.15, 0.2) is 28.4 Å². The highest BCUT2D eigenvalue weighted by Gasteiger charge is 2.07. The summed E-state index contributed by atoms with van der Waals surface area (Å²) in [6.07, 6.45) is 2.24. The van der Waals surface area contributed by atoms with Gasteiger partial charge in [-0.15, -0.1) is 11.3 Å². The van der Waals surface area contributed by atoms with Crippen LogP contribution in [0.3, 0.4) is 0 Å². The number of carbonyl (C=O) groups is 1. The average molecular weight is 304 g/mol. The summed E-state index contributed by atoms with van der Waals surface area (Å²) in [6.45, 7) is 4.03. The Kier molecular flexibility index (Phi) is 5.33. The molecule has 0 fully saturated rings. The van der Waals surface area contributed by atoms with E-state index in [-0.39, 0.29) is 11.5 Å². The number of aryl methyl sites for hydroxylation is 3. The molecule has 0 saturated carbocycles. The number of aromatic amines is 1. The van der Waals surface area contributed by atoms with Crippen molar-refractivity contribution in [3.05, 3.63) is 55.6 Å². The first-order valence-corrected chi connectivity index (χ1v) is 7.92. The monoisotopic (exact) mass is 304 g/mol. The summed E-state index contributed by atoms with van der Waals surface area (Å²) in [6, 6.07) is 6.02. The molecule has 1 amide bonds. The smallest absolute Gasteiger partial charge is 0.253 e. The number of rotatable bonds is 6. The van der Waals surface area contributed by atoms with Crippen molar-refractivity contribution in [3.63, 3.8) is 0 Å². The van der Waals surface area contributed by atoms with E-state index in [2.05, 4.69) is 16.4 Å². The summed E-state index contributed by atoms with van der Waals surface area (Å²) in [4.78, 5) is 27.7. The van der Waals surface area contributed by atoms with Gasteiger partial charge in [0.05, 0.1) is 0 Å². The van der Waals surface area contributed by atoms with Gasteiger partial charge in [-0.2, -0.15) is 0 Å². The molecule has 0 bridgehead atoms. The van der Waals surface area contributed by atoms with Crippen LogP contribution in [0.2, 0.25) is 0 Å². The van der Waals surface area contributed by atoms with Crippen molar-refractivity contribution in [3.8, 4) is 0 Å². The Labute approximate surface area is 128 Å². The second-order valence-corrected chi connectivity index (χ2v) is 6.18. The lowest BCUT2D eigenvalue weighted by atomic mass is 10.1. The highest BCUT2D eigenvalue weighted by molar-refractivity contribution is 7.09. The first-order valence-electron chi connectivity index (χ1n) is 7.04. The Morgan fingerprint density at radius 3 is 2.86 bits per heavy atom. The standard InChI is InChI=1S/C16H20N2O2S/c1-11-9-12(2)18-16(20)14(11)10-17-15(19)7-3-5-13-6-4-8-21-13/h4,6,8-9H,3,5,7,10H2,1-2H3,(H,17,19)(H,18,20). The molecule has 5 heteroatoms. The first-order chi connectivity index (χ1) is 10.1.